The van der Waals surface area contributed by atoms with Crippen molar-refractivity contribution in [2.45, 2.75) is 91.0 Å². The van der Waals surface area contributed by atoms with Crippen LogP contribution >= 0.6 is 0 Å². The van der Waals surface area contributed by atoms with Gasteiger partial charge in [-0.25, -0.2) is 0 Å². The van der Waals surface area contributed by atoms with Crippen LogP contribution in [0.3, 0.4) is 0 Å². The Morgan fingerprint density at radius 2 is 1.92 bits per heavy atom. The fourth-order valence-electron chi connectivity index (χ4n) is 9.64. The Morgan fingerprint density at radius 3 is 2.50 bits per heavy atom. The summed E-state index contributed by atoms with van der Waals surface area (Å²) in [7, 11) is 1.45. The lowest BCUT2D eigenvalue weighted by Gasteiger charge is -2.58. The molecule has 4 bridgehead atoms. The van der Waals surface area contributed by atoms with E-state index in [9.17, 15) is 24.6 Å². The summed E-state index contributed by atoms with van der Waals surface area (Å²) in [5.41, 5.74) is -2.40. The first kappa shape index (κ1) is 27.7. The van der Waals surface area contributed by atoms with E-state index in [1.807, 2.05) is 13.8 Å². The second-order valence-electron chi connectivity index (χ2n) is 12.8. The fraction of sp³-hybridized carbons (Fsp3) is 0.828. The molecule has 0 amide bonds. The van der Waals surface area contributed by atoms with E-state index in [1.165, 1.54) is 14.0 Å². The molecule has 0 aromatic carbocycles. The maximum atomic E-state index is 13.6. The second-order valence-corrected chi connectivity index (χ2v) is 12.8. The normalized spacial score (nSPS) is 49.1. The van der Waals surface area contributed by atoms with Gasteiger partial charge in [0.15, 0.2) is 12.4 Å². The monoisotopic (exact) mass is 534 g/mol. The van der Waals surface area contributed by atoms with Crippen LogP contribution in [0.5, 0.6) is 0 Å². The number of hydrogen-bond acceptors (Lipinski definition) is 8. The Bertz CT molecular complexity index is 1020. The zero-order valence-electron chi connectivity index (χ0n) is 23.2. The van der Waals surface area contributed by atoms with Gasteiger partial charge in [0.1, 0.15) is 23.9 Å². The second kappa shape index (κ2) is 9.39. The fourth-order valence-corrected chi connectivity index (χ4v) is 9.64. The van der Waals surface area contributed by atoms with Crippen LogP contribution in [-0.2, 0) is 33.3 Å². The van der Waals surface area contributed by atoms with Crippen molar-refractivity contribution in [2.24, 2.45) is 45.8 Å². The maximum absolute atomic E-state index is 13.6. The highest BCUT2D eigenvalue weighted by molar-refractivity contribution is 5.90. The number of aldehydes is 1. The van der Waals surface area contributed by atoms with Gasteiger partial charge >= 0.3 is 11.9 Å². The molecule has 5 rings (SSSR count). The van der Waals surface area contributed by atoms with Gasteiger partial charge in [-0.2, -0.15) is 0 Å². The summed E-state index contributed by atoms with van der Waals surface area (Å²) in [6.45, 7) is 9.21. The van der Waals surface area contributed by atoms with Gasteiger partial charge in [0.05, 0.1) is 18.1 Å². The molecular weight excluding hydrogens is 492 g/mol. The van der Waals surface area contributed by atoms with Gasteiger partial charge in [-0.1, -0.05) is 38.8 Å². The lowest BCUT2D eigenvalue weighted by atomic mass is 9.43. The molecule has 12 atom stereocenters. The molecule has 5 aliphatic rings. The van der Waals surface area contributed by atoms with Crippen molar-refractivity contribution >= 4 is 18.2 Å². The molecule has 0 aromatic rings. The first-order valence-electron chi connectivity index (χ1n) is 14.0. The number of fused-ring (bicyclic) bond motifs is 2. The summed E-state index contributed by atoms with van der Waals surface area (Å²) in [6.07, 6.45) is 1.35. The Kier molecular flexibility index (Phi) is 6.86. The smallest absolute Gasteiger partial charge is 0.315 e. The van der Waals surface area contributed by atoms with Crippen LogP contribution in [0.25, 0.3) is 0 Å². The van der Waals surface area contributed by atoms with Crippen LogP contribution < -0.4 is 0 Å². The average Bonchev–Trinajstić information content (AvgIpc) is 3.42. The van der Waals surface area contributed by atoms with Crippen LogP contribution in [0.1, 0.15) is 60.3 Å². The minimum absolute atomic E-state index is 0.0156. The number of allylic oxidation sites excluding steroid dienone is 1. The topological polar surface area (TPSA) is 129 Å². The van der Waals surface area contributed by atoms with Crippen molar-refractivity contribution in [3.05, 3.63) is 11.6 Å². The number of esters is 1. The van der Waals surface area contributed by atoms with Crippen molar-refractivity contribution in [1.29, 1.82) is 0 Å². The molecule has 9 unspecified atom stereocenters. The van der Waals surface area contributed by atoms with E-state index in [4.69, 9.17) is 18.9 Å². The Hall–Kier alpha value is -1.81. The van der Waals surface area contributed by atoms with Crippen LogP contribution in [-0.4, -0.2) is 72.9 Å². The molecule has 4 aliphatic carbocycles. The van der Waals surface area contributed by atoms with Crippen molar-refractivity contribution in [3.63, 3.8) is 0 Å². The predicted octanol–water partition coefficient (Wildman–Crippen LogP) is 2.98. The van der Waals surface area contributed by atoms with E-state index in [-0.39, 0.29) is 30.3 Å². The number of aliphatic hydroxyl groups is 1. The molecule has 9 nitrogen and oxygen atoms in total. The van der Waals surface area contributed by atoms with Gasteiger partial charge in [-0.15, -0.1) is 0 Å². The van der Waals surface area contributed by atoms with Crippen LogP contribution in [0.2, 0.25) is 0 Å². The summed E-state index contributed by atoms with van der Waals surface area (Å²) < 4.78 is 23.3. The molecule has 2 N–H and O–H groups in total. The van der Waals surface area contributed by atoms with Gasteiger partial charge < -0.3 is 34.0 Å². The zero-order valence-corrected chi connectivity index (χ0v) is 23.2. The van der Waals surface area contributed by atoms with E-state index in [2.05, 4.69) is 13.0 Å². The molecule has 0 aromatic heterocycles. The molecule has 38 heavy (non-hydrogen) atoms. The third-order valence-corrected chi connectivity index (χ3v) is 11.0. The van der Waals surface area contributed by atoms with E-state index in [0.29, 0.717) is 18.8 Å². The number of hydrogen-bond donors (Lipinski definition) is 2. The quantitative estimate of drug-likeness (QED) is 0.274. The number of aliphatic hydroxyl groups excluding tert-OH is 1. The highest BCUT2D eigenvalue weighted by Gasteiger charge is 2.84. The number of carbonyl (C=O) groups is 3. The molecule has 0 radical (unpaired) electrons. The first-order chi connectivity index (χ1) is 17.9. The van der Waals surface area contributed by atoms with E-state index in [1.54, 1.807) is 6.92 Å². The summed E-state index contributed by atoms with van der Waals surface area (Å²) in [5.74, 6) is -1.11. The number of carboxylic acids is 1. The molecule has 212 valence electrons. The Morgan fingerprint density at radius 1 is 1.21 bits per heavy atom. The SMILES string of the molecule is COC1C(C)OC(OCC23C[C@@H]4[C@H](C)CC[C@H]4C4(C=O)CC2C=C(C(C)C)C34C(=O)O)C(OC(C)=O)C1O. The molecular formula is C29H42O9. The molecule has 9 heteroatoms. The number of ether oxygens (including phenoxy) is 4. The summed E-state index contributed by atoms with van der Waals surface area (Å²) >= 11 is 0. The summed E-state index contributed by atoms with van der Waals surface area (Å²) in [6, 6.07) is 0. The minimum atomic E-state index is -1.38. The molecule has 3 saturated carbocycles. The number of aliphatic carboxylic acids is 1. The van der Waals surface area contributed by atoms with Gasteiger partial charge in [0.2, 0.25) is 0 Å². The number of methoxy groups -OCH3 is 1. The molecule has 1 saturated heterocycles. The van der Waals surface area contributed by atoms with Crippen molar-refractivity contribution in [2.75, 3.05) is 13.7 Å². The zero-order chi connectivity index (χ0) is 27.8. The van der Waals surface area contributed by atoms with Gasteiger partial charge in [-0.05, 0) is 55.8 Å². The van der Waals surface area contributed by atoms with Crippen LogP contribution in [0.4, 0.5) is 0 Å². The summed E-state index contributed by atoms with van der Waals surface area (Å²) in [5, 5.41) is 22.1. The maximum Gasteiger partial charge on any atom is 0.315 e. The van der Waals surface area contributed by atoms with Crippen molar-refractivity contribution < 1.29 is 43.5 Å². The van der Waals surface area contributed by atoms with E-state index < -0.39 is 58.9 Å². The molecule has 4 fully saturated rings. The van der Waals surface area contributed by atoms with E-state index in [0.717, 1.165) is 24.7 Å². The standard InChI is InChI=1S/C29H42O9/c1-14(2)21-9-18-10-27(12-30)20-8-7-15(3)19(20)11-28(18,29(21,27)26(33)34)13-36-25-24(38-17(5)31)22(32)23(35-6)16(4)37-25/h9,12,14-16,18-20,22-25,32H,7-8,10-11,13H2,1-6H3,(H,33,34)/t15-,16?,18?,19-,20-,22?,23?,24?,25?,27?,28?,29?/m1/s1. The predicted molar refractivity (Wildman–Crippen MR) is 135 cm³/mol. The number of carboxylic acid groups (broad SMARTS) is 1. The number of rotatable bonds is 8. The van der Waals surface area contributed by atoms with Gasteiger partial charge in [0.25, 0.3) is 0 Å². The highest BCUT2D eigenvalue weighted by Crippen LogP contribution is 2.82. The molecule has 1 heterocycles. The molecule has 0 spiro atoms. The Balaban J connectivity index is 1.57. The summed E-state index contributed by atoms with van der Waals surface area (Å²) in [4.78, 5) is 38.7. The number of carbonyl (C=O) groups excluding carboxylic acids is 2. The lowest BCUT2D eigenvalue weighted by molar-refractivity contribution is -0.309. The van der Waals surface area contributed by atoms with Crippen LogP contribution in [0.15, 0.2) is 11.6 Å². The van der Waals surface area contributed by atoms with Crippen LogP contribution in [0, 0.1) is 45.8 Å². The first-order valence-corrected chi connectivity index (χ1v) is 14.0. The highest BCUT2D eigenvalue weighted by atomic mass is 16.7. The third kappa shape index (κ3) is 3.34. The van der Waals surface area contributed by atoms with Gasteiger partial charge in [-0.3, -0.25) is 9.59 Å². The average molecular weight is 535 g/mol. The Labute approximate surface area is 224 Å². The molecule has 1 aliphatic heterocycles. The lowest BCUT2D eigenvalue weighted by Crippen LogP contribution is -2.64. The van der Waals surface area contributed by atoms with Crippen molar-refractivity contribution in [3.8, 4) is 0 Å². The largest absolute Gasteiger partial charge is 0.481 e. The van der Waals surface area contributed by atoms with E-state index >= 15 is 0 Å². The van der Waals surface area contributed by atoms with Gasteiger partial charge in [0, 0.05) is 19.4 Å². The van der Waals surface area contributed by atoms with Crippen molar-refractivity contribution in [1.82, 2.24) is 0 Å². The third-order valence-electron chi connectivity index (χ3n) is 11.0. The minimum Gasteiger partial charge on any atom is -0.481 e.